The minimum Gasteiger partial charge on any atom is -0.386 e. The van der Waals surface area contributed by atoms with E-state index in [1.54, 1.807) is 0 Å². The van der Waals surface area contributed by atoms with Gasteiger partial charge in [0.15, 0.2) is 22.8 Å². The number of fused-ring (bicyclic) bond motifs is 1. The molecule has 1 aliphatic rings. The lowest BCUT2D eigenvalue weighted by Gasteiger charge is -2.30. The van der Waals surface area contributed by atoms with Crippen LogP contribution in [0.1, 0.15) is 71.4 Å². The Morgan fingerprint density at radius 1 is 1.02 bits per heavy atom. The maximum Gasteiger partial charge on any atom is 0.481 e. The number of aliphatic hydroxyl groups is 2. The number of aromatic nitrogens is 4. The molecule has 2 aromatic heterocycles. The summed E-state index contributed by atoms with van der Waals surface area (Å²) in [5.74, 6) is -1.05. The minimum atomic E-state index is -5.57. The fourth-order valence-electron chi connectivity index (χ4n) is 5.46. The summed E-state index contributed by atoms with van der Waals surface area (Å²) in [5.41, 5.74) is 4.27. The predicted octanol–water partition coefficient (Wildman–Crippen LogP) is 1.58. The Morgan fingerprint density at radius 3 is 2.39 bits per heavy atom. The number of carbonyl (C=O) groups excluding carboxylic acids is 3. The Labute approximate surface area is 343 Å². The van der Waals surface area contributed by atoms with E-state index in [9.17, 15) is 57.9 Å². The minimum absolute atomic E-state index is 0.0315. The number of nitrogens with one attached hydrogen (secondary N) is 2. The standard InChI is InChI=1S/C31H52N7O17P3S/c1-4-5-6-7-8-9-10-11-22(40)59-15-14-33-21(39)12-13-34-29(43)26(42)31(2,3)17-52-58(49,50)55-57(47,48)51-16-20-25(54-56(44,45)46)24(41)30(53-20)38-19-37-23-27(32)35-18-36-28(23)38/h4,18-20,24-26,30,41-42H,1,5-17H2,2-3H3,(H,33,39)(H,34,43)(H,47,48)(H,49,50)(H2,32,35,36)(H2,44,45,46)/t20-,24-,25-,26+,30-/m1/s1. The highest BCUT2D eigenvalue weighted by atomic mass is 32.2. The van der Waals surface area contributed by atoms with Gasteiger partial charge in [-0.3, -0.25) is 32.5 Å². The summed E-state index contributed by atoms with van der Waals surface area (Å²) in [6.45, 7) is 4.23. The van der Waals surface area contributed by atoms with Crippen molar-refractivity contribution >= 4 is 69.1 Å². The SMILES string of the molecule is C=CCCCCCCCC(=O)SCCNC(=O)CCNC(=O)[C@H](O)C(C)(C)COP(=O)(O)OP(=O)(O)OC[C@H]1O[C@@H](n2cnc3c(N)ncnc32)[C@H](O)[C@@H]1OP(=O)(O)O. The first kappa shape index (κ1) is 50.7. The van der Waals surface area contributed by atoms with Gasteiger partial charge < -0.3 is 50.9 Å². The lowest BCUT2D eigenvalue weighted by atomic mass is 9.87. The maximum atomic E-state index is 12.7. The van der Waals surface area contributed by atoms with Crippen LogP contribution in [0.5, 0.6) is 0 Å². The molecular weight excluding hydrogens is 867 g/mol. The molecule has 3 heterocycles. The normalized spacial score (nSPS) is 21.1. The molecule has 2 aromatic rings. The molecule has 1 fully saturated rings. The number of rotatable bonds is 27. The van der Waals surface area contributed by atoms with Gasteiger partial charge in [0, 0.05) is 37.1 Å². The van der Waals surface area contributed by atoms with E-state index < -0.39 is 84.6 Å². The first-order valence-electron chi connectivity index (χ1n) is 18.2. The molecule has 1 saturated heterocycles. The second kappa shape index (κ2) is 22.9. The highest BCUT2D eigenvalue weighted by Crippen LogP contribution is 2.61. The fraction of sp³-hybridized carbons (Fsp3) is 0.677. The first-order chi connectivity index (χ1) is 27.6. The monoisotopic (exact) mass is 919 g/mol. The largest absolute Gasteiger partial charge is 0.481 e. The van der Waals surface area contributed by atoms with E-state index in [0.29, 0.717) is 12.2 Å². The number of nitrogens with zero attached hydrogens (tertiary/aromatic N) is 4. The van der Waals surface area contributed by atoms with Crippen LogP contribution in [0.15, 0.2) is 25.3 Å². The molecule has 28 heteroatoms. The number of unbranched alkanes of at least 4 members (excludes halogenated alkanes) is 5. The molecule has 0 radical (unpaired) electrons. The molecule has 0 bridgehead atoms. The van der Waals surface area contributed by atoms with Crippen LogP contribution < -0.4 is 16.4 Å². The average molecular weight is 920 g/mol. The van der Waals surface area contributed by atoms with Crippen molar-refractivity contribution < 1.29 is 80.5 Å². The Bertz CT molecular complexity index is 1880. The van der Waals surface area contributed by atoms with Gasteiger partial charge in [0.25, 0.3) is 0 Å². The molecule has 0 aliphatic carbocycles. The van der Waals surface area contributed by atoms with Crippen LogP contribution in [-0.2, 0) is 50.7 Å². The van der Waals surface area contributed by atoms with E-state index in [4.69, 9.17) is 19.5 Å². The number of imidazole rings is 1. The van der Waals surface area contributed by atoms with Gasteiger partial charge in [0.05, 0.1) is 19.5 Å². The quantitative estimate of drug-likeness (QED) is 0.0349. The Balaban J connectivity index is 1.42. The first-order valence-corrected chi connectivity index (χ1v) is 23.7. The van der Waals surface area contributed by atoms with Crippen molar-refractivity contribution in [3.8, 4) is 0 Å². The number of aliphatic hydroxyl groups excluding tert-OH is 2. The van der Waals surface area contributed by atoms with Gasteiger partial charge in [-0.15, -0.1) is 6.58 Å². The van der Waals surface area contributed by atoms with E-state index in [1.165, 1.54) is 13.8 Å². The zero-order chi connectivity index (χ0) is 44.0. The van der Waals surface area contributed by atoms with Gasteiger partial charge in [-0.2, -0.15) is 4.31 Å². The lowest BCUT2D eigenvalue weighted by molar-refractivity contribution is -0.137. The second-order valence-electron chi connectivity index (χ2n) is 13.9. The number of carbonyl (C=O) groups is 3. The fourth-order valence-corrected chi connectivity index (χ4v) is 9.01. The number of phosphoric acid groups is 3. The van der Waals surface area contributed by atoms with Crippen molar-refractivity contribution in [2.45, 2.75) is 95.9 Å². The van der Waals surface area contributed by atoms with Gasteiger partial charge in [0.1, 0.15) is 36.3 Å². The molecule has 0 spiro atoms. The van der Waals surface area contributed by atoms with Gasteiger partial charge in [-0.25, -0.2) is 28.6 Å². The zero-order valence-electron chi connectivity index (χ0n) is 32.3. The molecule has 24 nitrogen and oxygen atoms in total. The Hall–Kier alpha value is -2.70. The number of allylic oxidation sites excluding steroid dienone is 1. The van der Waals surface area contributed by atoms with Crippen molar-refractivity contribution in [1.82, 2.24) is 30.2 Å². The van der Waals surface area contributed by atoms with Crippen LogP contribution in [-0.4, -0.2) is 123 Å². The second-order valence-corrected chi connectivity index (χ2v) is 19.3. The van der Waals surface area contributed by atoms with Crippen molar-refractivity contribution in [3.63, 3.8) is 0 Å². The number of nitrogen functional groups attached to an aromatic ring is 1. The number of hydrogen-bond acceptors (Lipinski definition) is 18. The van der Waals surface area contributed by atoms with Crippen molar-refractivity contribution in [3.05, 3.63) is 25.3 Å². The highest BCUT2D eigenvalue weighted by Gasteiger charge is 2.50. The van der Waals surface area contributed by atoms with Crippen LogP contribution in [0.2, 0.25) is 0 Å². The third kappa shape index (κ3) is 16.9. The van der Waals surface area contributed by atoms with Gasteiger partial charge in [0.2, 0.25) is 11.8 Å². The number of nitrogens with two attached hydrogens (primary N) is 1. The summed E-state index contributed by atoms with van der Waals surface area (Å²) in [6.07, 6.45) is 1.48. The molecule has 334 valence electrons. The number of ether oxygens (including phenoxy) is 1. The topological polar surface area (TPSA) is 364 Å². The van der Waals surface area contributed by atoms with E-state index >= 15 is 0 Å². The number of phosphoric ester groups is 3. The molecule has 1 aliphatic heterocycles. The van der Waals surface area contributed by atoms with Crippen molar-refractivity contribution in [2.24, 2.45) is 5.41 Å². The third-order valence-electron chi connectivity index (χ3n) is 8.55. The summed E-state index contributed by atoms with van der Waals surface area (Å²) >= 11 is 1.13. The smallest absolute Gasteiger partial charge is 0.386 e. The van der Waals surface area contributed by atoms with Crippen LogP contribution in [0, 0.1) is 5.41 Å². The lowest BCUT2D eigenvalue weighted by Crippen LogP contribution is -2.46. The number of hydrogen-bond donors (Lipinski definition) is 9. The van der Waals surface area contributed by atoms with E-state index in [0.717, 1.165) is 67.5 Å². The van der Waals surface area contributed by atoms with E-state index in [1.807, 2.05) is 6.08 Å². The molecule has 0 aromatic carbocycles. The molecule has 3 rings (SSSR count). The van der Waals surface area contributed by atoms with E-state index in [2.05, 4.69) is 41.0 Å². The van der Waals surface area contributed by atoms with E-state index in [-0.39, 0.29) is 41.6 Å². The summed E-state index contributed by atoms with van der Waals surface area (Å²) in [7, 11) is -16.4. The summed E-state index contributed by atoms with van der Waals surface area (Å²) in [4.78, 5) is 87.8. The number of thioether (sulfide) groups is 1. The van der Waals surface area contributed by atoms with Crippen LogP contribution in [0.25, 0.3) is 11.2 Å². The number of anilines is 1. The summed E-state index contributed by atoms with van der Waals surface area (Å²) in [5, 5.41) is 26.5. The van der Waals surface area contributed by atoms with Gasteiger partial charge in [-0.1, -0.05) is 50.9 Å². The molecule has 2 amide bonds. The zero-order valence-corrected chi connectivity index (χ0v) is 35.8. The third-order valence-corrected chi connectivity index (χ3v) is 12.6. The van der Waals surface area contributed by atoms with Crippen LogP contribution in [0.4, 0.5) is 5.82 Å². The molecule has 59 heavy (non-hydrogen) atoms. The number of amides is 2. The molecule has 10 N–H and O–H groups in total. The van der Waals surface area contributed by atoms with Crippen molar-refractivity contribution in [1.29, 1.82) is 0 Å². The Kier molecular flexibility index (Phi) is 19.7. The summed E-state index contributed by atoms with van der Waals surface area (Å²) < 4.78 is 62.2. The van der Waals surface area contributed by atoms with Gasteiger partial charge >= 0.3 is 23.5 Å². The molecule has 0 saturated carbocycles. The molecule has 7 atom stereocenters. The van der Waals surface area contributed by atoms with Crippen LogP contribution >= 0.6 is 35.2 Å². The average Bonchev–Trinajstić information content (AvgIpc) is 3.71. The summed E-state index contributed by atoms with van der Waals surface area (Å²) in [6, 6.07) is 0. The highest BCUT2D eigenvalue weighted by molar-refractivity contribution is 8.13. The van der Waals surface area contributed by atoms with Crippen molar-refractivity contribution in [2.75, 3.05) is 37.8 Å². The van der Waals surface area contributed by atoms with Crippen LogP contribution in [0.3, 0.4) is 0 Å². The maximum absolute atomic E-state index is 12.7. The molecular formula is C31H52N7O17P3S. The Morgan fingerprint density at radius 2 is 1.69 bits per heavy atom. The molecule has 2 unspecified atom stereocenters. The predicted molar refractivity (Wildman–Crippen MR) is 210 cm³/mol. The van der Waals surface area contributed by atoms with Gasteiger partial charge in [-0.05, 0) is 19.3 Å².